The Labute approximate surface area is 79.7 Å². The van der Waals surface area contributed by atoms with E-state index in [0.717, 1.165) is 39.1 Å². The normalized spacial score (nSPS) is 11.1. The van der Waals surface area contributed by atoms with E-state index < -0.39 is 0 Å². The summed E-state index contributed by atoms with van der Waals surface area (Å²) >= 11 is 0. The van der Waals surface area contributed by atoms with Crippen molar-refractivity contribution in [3.8, 4) is 0 Å². The first kappa shape index (κ1) is 12.8. The third-order valence-electron chi connectivity index (χ3n) is 1.67. The first-order chi connectivity index (χ1) is 6.31. The number of rotatable bonds is 9. The molecule has 0 fully saturated rings. The van der Waals surface area contributed by atoms with Gasteiger partial charge in [0.05, 0.1) is 0 Å². The lowest BCUT2D eigenvalue weighted by atomic mass is 10.4. The summed E-state index contributed by atoms with van der Waals surface area (Å²) in [4.78, 5) is 0. The molecule has 0 aliphatic heterocycles. The van der Waals surface area contributed by atoms with Crippen molar-refractivity contribution < 1.29 is 0 Å². The average molecular weight is 190 g/mol. The fraction of sp³-hybridized carbons (Fsp3) is 1.00. The number of nitrogens with one attached hydrogen (secondary N) is 2. The number of hydrogen-bond acceptors (Lipinski definition) is 6. The second-order valence-electron chi connectivity index (χ2n) is 2.88. The van der Waals surface area contributed by atoms with Gasteiger partial charge in [0.25, 0.3) is 0 Å². The van der Waals surface area contributed by atoms with Gasteiger partial charge in [-0.05, 0) is 13.0 Å². The third kappa shape index (κ3) is 9.68. The lowest BCUT2D eigenvalue weighted by Gasteiger charge is -2.15. The van der Waals surface area contributed by atoms with E-state index in [1.807, 2.05) is 0 Å². The smallest absolute Gasteiger partial charge is 0.0253 e. The highest BCUT2D eigenvalue weighted by molar-refractivity contribution is 4.54. The minimum absolute atomic E-state index is 0.693. The maximum atomic E-state index is 5.67. The van der Waals surface area contributed by atoms with E-state index in [2.05, 4.69) is 10.7 Å². The molecule has 0 heterocycles. The van der Waals surface area contributed by atoms with Crippen molar-refractivity contribution in [2.75, 3.05) is 39.3 Å². The second kappa shape index (κ2) is 9.85. The Bertz CT molecular complexity index is 99.0. The standard InChI is InChI=1S/C7H22N6/c8-2-1-6-13(10)7-5-11-3-4-12-9/h11-12H,1-10H2. The number of nitrogens with two attached hydrogens (primary N) is 3. The molecule has 0 aliphatic rings. The maximum Gasteiger partial charge on any atom is 0.0253 e. The average Bonchev–Trinajstić information content (AvgIpc) is 2.14. The van der Waals surface area contributed by atoms with E-state index in [0.29, 0.717) is 6.54 Å². The molecule has 0 atom stereocenters. The van der Waals surface area contributed by atoms with E-state index >= 15 is 0 Å². The van der Waals surface area contributed by atoms with Crippen molar-refractivity contribution >= 4 is 0 Å². The van der Waals surface area contributed by atoms with Crippen LogP contribution in [0.1, 0.15) is 6.42 Å². The summed E-state index contributed by atoms with van der Waals surface area (Å²) in [6.45, 7) is 4.90. The van der Waals surface area contributed by atoms with Crippen LogP contribution in [-0.4, -0.2) is 44.3 Å². The largest absolute Gasteiger partial charge is 0.330 e. The first-order valence-electron chi connectivity index (χ1n) is 4.65. The molecule has 0 aromatic carbocycles. The van der Waals surface area contributed by atoms with E-state index in [1.165, 1.54) is 0 Å². The molecule has 0 saturated carbocycles. The number of nitrogens with zero attached hydrogens (tertiary/aromatic N) is 1. The van der Waals surface area contributed by atoms with Gasteiger partial charge >= 0.3 is 0 Å². The zero-order valence-corrected chi connectivity index (χ0v) is 8.13. The van der Waals surface area contributed by atoms with Gasteiger partial charge in [-0.15, -0.1) is 0 Å². The van der Waals surface area contributed by atoms with Crippen molar-refractivity contribution in [3.63, 3.8) is 0 Å². The molecular formula is C7H22N6. The highest BCUT2D eigenvalue weighted by Gasteiger charge is 1.96. The SMILES string of the molecule is NCCCN(N)CCNCCNN. The molecule has 80 valence electrons. The van der Waals surface area contributed by atoms with Gasteiger partial charge in [0.1, 0.15) is 0 Å². The van der Waals surface area contributed by atoms with Gasteiger partial charge < -0.3 is 11.1 Å². The van der Waals surface area contributed by atoms with E-state index in [9.17, 15) is 0 Å². The van der Waals surface area contributed by atoms with Crippen molar-refractivity contribution in [3.05, 3.63) is 0 Å². The zero-order chi connectivity index (χ0) is 9.94. The van der Waals surface area contributed by atoms with Crippen LogP contribution >= 0.6 is 0 Å². The van der Waals surface area contributed by atoms with Crippen molar-refractivity contribution in [2.45, 2.75) is 6.42 Å². The molecular weight excluding hydrogens is 168 g/mol. The summed E-state index contributed by atoms with van der Waals surface area (Å²) in [6, 6.07) is 0. The molecule has 0 aliphatic carbocycles. The lowest BCUT2D eigenvalue weighted by molar-refractivity contribution is 0.280. The van der Waals surface area contributed by atoms with Crippen LogP contribution in [0.5, 0.6) is 0 Å². The molecule has 0 unspecified atom stereocenters. The number of hydrazine groups is 2. The molecule has 0 rings (SSSR count). The Morgan fingerprint density at radius 3 is 2.46 bits per heavy atom. The van der Waals surface area contributed by atoms with E-state index in [4.69, 9.17) is 17.4 Å². The minimum Gasteiger partial charge on any atom is -0.330 e. The van der Waals surface area contributed by atoms with Crippen LogP contribution in [0, 0.1) is 0 Å². The van der Waals surface area contributed by atoms with Gasteiger partial charge in [-0.1, -0.05) is 0 Å². The summed E-state index contributed by atoms with van der Waals surface area (Å²) in [6.07, 6.45) is 0.945. The highest BCUT2D eigenvalue weighted by atomic mass is 15.4. The van der Waals surface area contributed by atoms with Crippen molar-refractivity contribution in [1.82, 2.24) is 15.8 Å². The molecule has 0 saturated heterocycles. The van der Waals surface area contributed by atoms with Crippen molar-refractivity contribution in [1.29, 1.82) is 0 Å². The van der Waals surface area contributed by atoms with E-state index in [-0.39, 0.29) is 0 Å². The van der Waals surface area contributed by atoms with Crippen molar-refractivity contribution in [2.24, 2.45) is 17.4 Å². The maximum absolute atomic E-state index is 5.67. The molecule has 0 bridgehead atoms. The van der Waals surface area contributed by atoms with Crippen LogP contribution in [0.2, 0.25) is 0 Å². The topological polar surface area (TPSA) is 105 Å². The highest BCUT2D eigenvalue weighted by Crippen LogP contribution is 1.79. The summed E-state index contributed by atoms with van der Waals surface area (Å²) < 4.78 is 0. The third-order valence-corrected chi connectivity index (χ3v) is 1.67. The lowest BCUT2D eigenvalue weighted by Crippen LogP contribution is -2.40. The Morgan fingerprint density at radius 2 is 1.85 bits per heavy atom. The molecule has 8 N–H and O–H groups in total. The fourth-order valence-corrected chi connectivity index (χ4v) is 0.914. The van der Waals surface area contributed by atoms with Gasteiger partial charge in [0.2, 0.25) is 0 Å². The zero-order valence-electron chi connectivity index (χ0n) is 8.13. The molecule has 6 heteroatoms. The summed E-state index contributed by atoms with van der Waals surface area (Å²) in [5, 5.41) is 4.97. The fourth-order valence-electron chi connectivity index (χ4n) is 0.914. The van der Waals surface area contributed by atoms with Gasteiger partial charge in [-0.2, -0.15) is 0 Å². The molecule has 0 spiro atoms. The first-order valence-corrected chi connectivity index (χ1v) is 4.65. The quantitative estimate of drug-likeness (QED) is 0.157. The molecule has 0 radical (unpaired) electrons. The van der Waals surface area contributed by atoms with Gasteiger partial charge in [-0.3, -0.25) is 17.1 Å². The molecule has 6 nitrogen and oxygen atoms in total. The van der Waals surface area contributed by atoms with Crippen LogP contribution in [0.15, 0.2) is 0 Å². The molecule has 0 aromatic rings. The predicted octanol–water partition coefficient (Wildman–Crippen LogP) is -2.44. The Balaban J connectivity index is 3.03. The van der Waals surface area contributed by atoms with Crippen LogP contribution < -0.4 is 28.2 Å². The summed E-state index contributed by atoms with van der Waals surface area (Å²) in [5.74, 6) is 10.8. The minimum atomic E-state index is 0.693. The Morgan fingerprint density at radius 1 is 1.08 bits per heavy atom. The summed E-state index contributed by atoms with van der Waals surface area (Å²) in [7, 11) is 0. The molecule has 0 amide bonds. The van der Waals surface area contributed by atoms with Gasteiger partial charge in [-0.25, -0.2) is 5.01 Å². The van der Waals surface area contributed by atoms with Gasteiger partial charge in [0.15, 0.2) is 0 Å². The van der Waals surface area contributed by atoms with Crippen LogP contribution in [0.25, 0.3) is 0 Å². The summed E-state index contributed by atoms with van der Waals surface area (Å²) in [5.41, 5.74) is 7.92. The predicted molar refractivity (Wildman–Crippen MR) is 54.5 cm³/mol. The van der Waals surface area contributed by atoms with Crippen LogP contribution in [0.3, 0.4) is 0 Å². The second-order valence-corrected chi connectivity index (χ2v) is 2.88. The monoisotopic (exact) mass is 190 g/mol. The van der Waals surface area contributed by atoms with Gasteiger partial charge in [0, 0.05) is 32.7 Å². The number of hydrogen-bond donors (Lipinski definition) is 5. The van der Waals surface area contributed by atoms with Crippen LogP contribution in [0.4, 0.5) is 0 Å². The molecule has 0 aromatic heterocycles. The molecule has 13 heavy (non-hydrogen) atoms. The van der Waals surface area contributed by atoms with Crippen LogP contribution in [-0.2, 0) is 0 Å². The Kier molecular flexibility index (Phi) is 9.66. The Hall–Kier alpha value is -0.240. The van der Waals surface area contributed by atoms with E-state index in [1.54, 1.807) is 5.01 Å².